The fraction of sp³-hybridized carbons (Fsp3) is 0.923. The number of carbonyl (C=O) groups excluding carboxylic acids is 1. The third-order valence-corrected chi connectivity index (χ3v) is 3.88. The normalized spacial score (nSPS) is 27.1. The lowest BCUT2D eigenvalue weighted by molar-refractivity contribution is 0.000531. The molecule has 1 N–H and O–H groups in total. The van der Waals surface area contributed by atoms with Crippen LogP contribution in [0.4, 0.5) is 4.79 Å². The van der Waals surface area contributed by atoms with Crippen LogP contribution in [0.2, 0.25) is 0 Å². The molecule has 4 nitrogen and oxygen atoms in total. The minimum Gasteiger partial charge on any atom is -0.444 e. The number of hydrogen-bond acceptors (Lipinski definition) is 3. The zero-order chi connectivity index (χ0) is 12.7. The number of rotatable bonds is 1. The highest BCUT2D eigenvalue weighted by molar-refractivity contribution is 5.68. The highest BCUT2D eigenvalue weighted by Crippen LogP contribution is 2.55. The molecule has 2 fully saturated rings. The molecular formula is C13H23NO3. The molecule has 17 heavy (non-hydrogen) atoms. The van der Waals surface area contributed by atoms with Gasteiger partial charge in [0.15, 0.2) is 0 Å². The van der Waals surface area contributed by atoms with Crippen molar-refractivity contribution in [2.24, 2.45) is 11.3 Å². The van der Waals surface area contributed by atoms with Gasteiger partial charge >= 0.3 is 6.09 Å². The first kappa shape index (κ1) is 12.7. The van der Waals surface area contributed by atoms with Crippen LogP contribution in [0.15, 0.2) is 0 Å². The van der Waals surface area contributed by atoms with Crippen molar-refractivity contribution in [2.45, 2.75) is 45.6 Å². The molecule has 2 aliphatic rings. The van der Waals surface area contributed by atoms with Crippen molar-refractivity contribution in [3.05, 3.63) is 0 Å². The van der Waals surface area contributed by atoms with Crippen molar-refractivity contribution in [2.75, 3.05) is 19.7 Å². The number of likely N-dealkylation sites (tertiary alicyclic amines) is 1. The van der Waals surface area contributed by atoms with Crippen molar-refractivity contribution >= 4 is 6.09 Å². The Morgan fingerprint density at radius 1 is 1.47 bits per heavy atom. The molecule has 2 rings (SSSR count). The van der Waals surface area contributed by atoms with Gasteiger partial charge in [0.25, 0.3) is 0 Å². The lowest BCUT2D eigenvalue weighted by atomic mass is 9.83. The van der Waals surface area contributed by atoms with E-state index in [1.807, 2.05) is 25.7 Å². The zero-order valence-electron chi connectivity index (χ0n) is 11.0. The highest BCUT2D eigenvalue weighted by Gasteiger charge is 2.53. The molecule has 1 atom stereocenters. The Balaban J connectivity index is 1.94. The van der Waals surface area contributed by atoms with E-state index in [1.165, 1.54) is 0 Å². The third-order valence-electron chi connectivity index (χ3n) is 3.88. The van der Waals surface area contributed by atoms with E-state index in [0.29, 0.717) is 12.5 Å². The van der Waals surface area contributed by atoms with E-state index in [1.54, 1.807) is 0 Å². The number of nitrogens with zero attached hydrogens (tertiary/aromatic N) is 1. The molecule has 1 aliphatic carbocycles. The van der Waals surface area contributed by atoms with Crippen molar-refractivity contribution in [1.82, 2.24) is 4.90 Å². The fourth-order valence-corrected chi connectivity index (χ4v) is 2.70. The molecule has 98 valence electrons. The largest absolute Gasteiger partial charge is 0.444 e. The Hall–Kier alpha value is -0.770. The van der Waals surface area contributed by atoms with Crippen LogP contribution in [0.1, 0.15) is 40.0 Å². The predicted molar refractivity (Wildman–Crippen MR) is 64.7 cm³/mol. The minimum absolute atomic E-state index is 0.198. The second-order valence-corrected chi connectivity index (χ2v) is 6.43. The van der Waals surface area contributed by atoms with E-state index in [4.69, 9.17) is 4.74 Å². The second-order valence-electron chi connectivity index (χ2n) is 6.43. The molecule has 0 bridgehead atoms. The number of ether oxygens (including phenoxy) is 1. The van der Waals surface area contributed by atoms with Gasteiger partial charge in [-0.05, 0) is 51.4 Å². The molecule has 0 aromatic heterocycles. The van der Waals surface area contributed by atoms with Gasteiger partial charge in [-0.3, -0.25) is 0 Å². The van der Waals surface area contributed by atoms with Gasteiger partial charge in [-0.1, -0.05) is 0 Å². The maximum atomic E-state index is 12.0. The van der Waals surface area contributed by atoms with E-state index >= 15 is 0 Å². The van der Waals surface area contributed by atoms with E-state index in [2.05, 4.69) is 0 Å². The van der Waals surface area contributed by atoms with Crippen LogP contribution in [-0.2, 0) is 4.74 Å². The van der Waals surface area contributed by atoms with Gasteiger partial charge in [0.05, 0.1) is 0 Å². The van der Waals surface area contributed by atoms with Crippen LogP contribution >= 0.6 is 0 Å². The maximum Gasteiger partial charge on any atom is 0.410 e. The molecular weight excluding hydrogens is 218 g/mol. The van der Waals surface area contributed by atoms with Gasteiger partial charge in [-0.15, -0.1) is 0 Å². The van der Waals surface area contributed by atoms with Crippen LogP contribution in [0.25, 0.3) is 0 Å². The maximum absolute atomic E-state index is 12.0. The smallest absolute Gasteiger partial charge is 0.410 e. The molecule has 1 aliphatic heterocycles. The van der Waals surface area contributed by atoms with Gasteiger partial charge < -0.3 is 14.7 Å². The molecule has 1 spiro atoms. The summed E-state index contributed by atoms with van der Waals surface area (Å²) in [5, 5.41) is 9.34. The summed E-state index contributed by atoms with van der Waals surface area (Å²) in [6, 6.07) is 0. The quantitative estimate of drug-likeness (QED) is 0.764. The van der Waals surface area contributed by atoms with Crippen molar-refractivity contribution in [3.8, 4) is 0 Å². The Bertz CT molecular complexity index is 304. The second kappa shape index (κ2) is 4.16. The molecule has 1 unspecified atom stereocenters. The average molecular weight is 241 g/mol. The van der Waals surface area contributed by atoms with Gasteiger partial charge in [0.2, 0.25) is 0 Å². The van der Waals surface area contributed by atoms with Crippen molar-refractivity contribution in [1.29, 1.82) is 0 Å². The Labute approximate surface area is 103 Å². The summed E-state index contributed by atoms with van der Waals surface area (Å²) >= 11 is 0. The van der Waals surface area contributed by atoms with E-state index in [0.717, 1.165) is 25.8 Å². The number of piperidine rings is 1. The zero-order valence-corrected chi connectivity index (χ0v) is 11.0. The monoisotopic (exact) mass is 241 g/mol. The predicted octanol–water partition coefficient (Wildman–Crippen LogP) is 2.02. The molecule has 0 aromatic rings. The summed E-state index contributed by atoms with van der Waals surface area (Å²) in [5.74, 6) is 0.376. The number of aliphatic hydroxyl groups excluding tert-OH is 1. The summed E-state index contributed by atoms with van der Waals surface area (Å²) in [6.07, 6.45) is 2.96. The Morgan fingerprint density at radius 3 is 2.59 bits per heavy atom. The topological polar surface area (TPSA) is 49.8 Å². The molecule has 1 saturated carbocycles. The van der Waals surface area contributed by atoms with E-state index in [-0.39, 0.29) is 18.1 Å². The highest BCUT2D eigenvalue weighted by atomic mass is 16.6. The number of amides is 1. The van der Waals surface area contributed by atoms with Crippen molar-refractivity contribution < 1.29 is 14.6 Å². The summed E-state index contributed by atoms with van der Waals surface area (Å²) < 4.78 is 5.39. The minimum atomic E-state index is -0.429. The lowest BCUT2D eigenvalue weighted by Gasteiger charge is -2.38. The number of hydrogen-bond donors (Lipinski definition) is 1. The SMILES string of the molecule is CC(C)(C)OC(=O)N1CCC(CO)C2(CC2)C1. The van der Waals surface area contributed by atoms with E-state index < -0.39 is 5.60 Å². The lowest BCUT2D eigenvalue weighted by Crippen LogP contribution is -2.47. The summed E-state index contributed by atoms with van der Waals surface area (Å²) in [6.45, 7) is 7.38. The summed E-state index contributed by atoms with van der Waals surface area (Å²) in [7, 11) is 0. The molecule has 4 heteroatoms. The van der Waals surface area contributed by atoms with Gasteiger partial charge in [-0.2, -0.15) is 0 Å². The fourth-order valence-electron chi connectivity index (χ4n) is 2.70. The van der Waals surface area contributed by atoms with Crippen LogP contribution in [0.5, 0.6) is 0 Å². The molecule has 0 radical (unpaired) electrons. The standard InChI is InChI=1S/C13H23NO3/c1-12(2,3)17-11(16)14-7-4-10(8-15)13(9-14)5-6-13/h10,15H,4-9H2,1-3H3. The molecule has 0 aromatic carbocycles. The average Bonchev–Trinajstić information content (AvgIpc) is 2.96. The first-order valence-corrected chi connectivity index (χ1v) is 6.45. The summed E-state index contributed by atoms with van der Waals surface area (Å²) in [5.41, 5.74) is -0.231. The van der Waals surface area contributed by atoms with Crippen LogP contribution in [0.3, 0.4) is 0 Å². The van der Waals surface area contributed by atoms with Crippen LogP contribution in [0, 0.1) is 11.3 Å². The van der Waals surface area contributed by atoms with Crippen LogP contribution in [-0.4, -0.2) is 41.4 Å². The van der Waals surface area contributed by atoms with Gasteiger partial charge in [0, 0.05) is 19.7 Å². The molecule has 1 saturated heterocycles. The Morgan fingerprint density at radius 2 is 2.12 bits per heavy atom. The van der Waals surface area contributed by atoms with Gasteiger partial charge in [0.1, 0.15) is 5.60 Å². The van der Waals surface area contributed by atoms with E-state index in [9.17, 15) is 9.90 Å². The number of carbonyl (C=O) groups is 1. The van der Waals surface area contributed by atoms with Crippen molar-refractivity contribution in [3.63, 3.8) is 0 Å². The number of aliphatic hydroxyl groups is 1. The Kier molecular flexibility index (Phi) is 3.10. The molecule has 1 amide bonds. The van der Waals surface area contributed by atoms with Gasteiger partial charge in [-0.25, -0.2) is 4.79 Å². The summed E-state index contributed by atoms with van der Waals surface area (Å²) in [4.78, 5) is 13.8. The van der Waals surface area contributed by atoms with Crippen LogP contribution < -0.4 is 0 Å². The third kappa shape index (κ3) is 2.73. The first-order chi connectivity index (χ1) is 7.86. The first-order valence-electron chi connectivity index (χ1n) is 6.45. The molecule has 1 heterocycles.